The number of rotatable bonds is 0. The molecule has 0 aromatic heterocycles. The van der Waals surface area contributed by atoms with E-state index in [-0.39, 0.29) is 0 Å². The molecule has 0 saturated carbocycles. The predicted octanol–water partition coefficient (Wildman–Crippen LogP) is 2.04. The van der Waals surface area contributed by atoms with Crippen molar-refractivity contribution in [1.29, 1.82) is 0 Å². The predicted molar refractivity (Wildman–Crippen MR) is 53.8 cm³/mol. The van der Waals surface area contributed by atoms with E-state index in [1.165, 1.54) is 19.3 Å². The Morgan fingerprint density at radius 2 is 1.62 bits per heavy atom. The molecule has 2 heterocycles. The molecule has 0 spiro atoms. The highest BCUT2D eigenvalue weighted by Crippen LogP contribution is 2.28. The van der Waals surface area contributed by atoms with Crippen molar-refractivity contribution in [2.75, 3.05) is 13.1 Å². The van der Waals surface area contributed by atoms with Crippen LogP contribution >= 0.6 is 0 Å². The molecule has 2 nitrogen and oxygen atoms in total. The summed E-state index contributed by atoms with van der Waals surface area (Å²) in [6.45, 7) is 9.18. The van der Waals surface area contributed by atoms with Gasteiger partial charge in [-0.3, -0.25) is 4.90 Å². The van der Waals surface area contributed by atoms with Crippen molar-refractivity contribution in [3.8, 4) is 0 Å². The number of nitrogens with zero attached hydrogens (tertiary/aromatic N) is 1. The molecular weight excluding hydrogens is 162 g/mol. The van der Waals surface area contributed by atoms with E-state index in [0.29, 0.717) is 17.7 Å². The first-order chi connectivity index (χ1) is 6.05. The van der Waals surface area contributed by atoms with Crippen LogP contribution in [0.15, 0.2) is 0 Å². The summed E-state index contributed by atoms with van der Waals surface area (Å²) in [5, 5.41) is 0. The van der Waals surface area contributed by atoms with Crippen LogP contribution in [0.5, 0.6) is 0 Å². The highest BCUT2D eigenvalue weighted by atomic mass is 16.5. The lowest BCUT2D eigenvalue weighted by Gasteiger charge is -2.47. The second kappa shape index (κ2) is 3.25. The molecule has 0 radical (unpaired) electrons. The van der Waals surface area contributed by atoms with Crippen molar-refractivity contribution in [1.82, 2.24) is 4.90 Å². The fourth-order valence-corrected chi connectivity index (χ4v) is 2.36. The monoisotopic (exact) mass is 183 g/mol. The van der Waals surface area contributed by atoms with E-state index in [1.54, 1.807) is 0 Å². The highest BCUT2D eigenvalue weighted by Gasteiger charge is 2.35. The van der Waals surface area contributed by atoms with Gasteiger partial charge in [-0.2, -0.15) is 0 Å². The minimum atomic E-state index is 0.317. The number of fused-ring (bicyclic) bond motifs is 2. The average molecular weight is 183 g/mol. The molecular formula is C11H21NO. The van der Waals surface area contributed by atoms with Gasteiger partial charge in [0.05, 0.1) is 12.2 Å². The van der Waals surface area contributed by atoms with Crippen molar-refractivity contribution in [2.45, 2.75) is 57.8 Å². The van der Waals surface area contributed by atoms with E-state index < -0.39 is 0 Å². The lowest BCUT2D eigenvalue weighted by atomic mass is 9.95. The third-order valence-corrected chi connectivity index (χ3v) is 3.23. The van der Waals surface area contributed by atoms with Crippen molar-refractivity contribution < 1.29 is 4.74 Å². The van der Waals surface area contributed by atoms with Gasteiger partial charge in [-0.25, -0.2) is 0 Å². The summed E-state index contributed by atoms with van der Waals surface area (Å²) in [7, 11) is 0. The highest BCUT2D eigenvalue weighted by molar-refractivity contribution is 4.88. The van der Waals surface area contributed by atoms with E-state index in [2.05, 4.69) is 25.7 Å². The molecule has 2 unspecified atom stereocenters. The summed E-state index contributed by atoms with van der Waals surface area (Å²) in [6.07, 6.45) is 4.94. The maximum Gasteiger partial charge on any atom is 0.0706 e. The molecule has 2 rings (SSSR count). The molecule has 0 amide bonds. The quantitative estimate of drug-likeness (QED) is 0.570. The largest absolute Gasteiger partial charge is 0.372 e. The second-order valence-corrected chi connectivity index (χ2v) is 5.39. The summed E-state index contributed by atoms with van der Waals surface area (Å²) in [6, 6.07) is 0. The molecule has 0 aromatic rings. The van der Waals surface area contributed by atoms with Crippen LogP contribution in [-0.4, -0.2) is 35.7 Å². The van der Waals surface area contributed by atoms with Crippen LogP contribution in [0, 0.1) is 0 Å². The smallest absolute Gasteiger partial charge is 0.0706 e. The van der Waals surface area contributed by atoms with Crippen molar-refractivity contribution in [3.05, 3.63) is 0 Å². The van der Waals surface area contributed by atoms with E-state index in [0.717, 1.165) is 13.1 Å². The van der Waals surface area contributed by atoms with E-state index in [1.807, 2.05) is 0 Å². The Balaban J connectivity index is 2.01. The molecule has 13 heavy (non-hydrogen) atoms. The van der Waals surface area contributed by atoms with Crippen LogP contribution in [0.25, 0.3) is 0 Å². The van der Waals surface area contributed by atoms with E-state index in [4.69, 9.17) is 4.74 Å². The van der Waals surface area contributed by atoms with Crippen LogP contribution in [0.2, 0.25) is 0 Å². The molecule has 2 aliphatic rings. The van der Waals surface area contributed by atoms with Gasteiger partial charge in [0, 0.05) is 18.6 Å². The summed E-state index contributed by atoms with van der Waals surface area (Å²) in [5.41, 5.74) is 0.317. The first-order valence-corrected chi connectivity index (χ1v) is 5.46. The molecule has 2 atom stereocenters. The third kappa shape index (κ3) is 2.05. The fourth-order valence-electron chi connectivity index (χ4n) is 2.36. The maximum absolute atomic E-state index is 5.91. The molecule has 2 aliphatic heterocycles. The van der Waals surface area contributed by atoms with Crippen molar-refractivity contribution in [3.63, 3.8) is 0 Å². The van der Waals surface area contributed by atoms with Crippen LogP contribution in [0.4, 0.5) is 0 Å². The molecule has 76 valence electrons. The first-order valence-electron chi connectivity index (χ1n) is 5.46. The molecule has 2 saturated heterocycles. The third-order valence-electron chi connectivity index (χ3n) is 3.23. The van der Waals surface area contributed by atoms with Gasteiger partial charge in [0.15, 0.2) is 0 Å². The van der Waals surface area contributed by atoms with Gasteiger partial charge in [-0.05, 0) is 40.0 Å². The van der Waals surface area contributed by atoms with Gasteiger partial charge in [0.1, 0.15) is 0 Å². The van der Waals surface area contributed by atoms with E-state index in [9.17, 15) is 0 Å². The minimum Gasteiger partial charge on any atom is -0.372 e. The Labute approximate surface area is 81.3 Å². The van der Waals surface area contributed by atoms with Gasteiger partial charge in [-0.15, -0.1) is 0 Å². The zero-order chi connectivity index (χ0) is 9.47. The van der Waals surface area contributed by atoms with Crippen molar-refractivity contribution in [2.24, 2.45) is 0 Å². The summed E-state index contributed by atoms with van der Waals surface area (Å²) in [4.78, 5) is 2.57. The summed E-state index contributed by atoms with van der Waals surface area (Å²) in [5.74, 6) is 0. The topological polar surface area (TPSA) is 12.5 Å². The van der Waals surface area contributed by atoms with Crippen LogP contribution in [0.1, 0.15) is 40.0 Å². The number of likely N-dealkylation sites (tertiary alicyclic amines) is 1. The summed E-state index contributed by atoms with van der Waals surface area (Å²) < 4.78 is 5.91. The van der Waals surface area contributed by atoms with E-state index >= 15 is 0 Å². The Morgan fingerprint density at radius 3 is 2.08 bits per heavy atom. The lowest BCUT2D eigenvalue weighted by Crippen LogP contribution is -2.56. The normalized spacial score (nSPS) is 36.2. The zero-order valence-corrected chi connectivity index (χ0v) is 9.05. The lowest BCUT2D eigenvalue weighted by molar-refractivity contribution is -0.132. The molecule has 0 aliphatic carbocycles. The molecule has 0 aromatic carbocycles. The zero-order valence-electron chi connectivity index (χ0n) is 9.05. The average Bonchev–Trinajstić information content (AvgIpc) is 2.01. The fraction of sp³-hybridized carbons (Fsp3) is 1.00. The Morgan fingerprint density at radius 1 is 1.08 bits per heavy atom. The molecule has 2 fully saturated rings. The Hall–Kier alpha value is -0.0800. The Bertz CT molecular complexity index is 173. The van der Waals surface area contributed by atoms with Gasteiger partial charge >= 0.3 is 0 Å². The first kappa shape index (κ1) is 9.47. The number of morpholine rings is 1. The SMILES string of the molecule is CC(C)(C)N1CC2CCCC(C1)O2. The van der Waals surface area contributed by atoms with Gasteiger partial charge < -0.3 is 4.74 Å². The standard InChI is InChI=1S/C11H21NO/c1-11(2,3)12-7-9-5-4-6-10(8-12)13-9/h9-10H,4-8H2,1-3H3. The number of hydrogen-bond donors (Lipinski definition) is 0. The number of ether oxygens (including phenoxy) is 1. The second-order valence-electron chi connectivity index (χ2n) is 5.39. The molecule has 2 bridgehead atoms. The number of hydrogen-bond acceptors (Lipinski definition) is 2. The van der Waals surface area contributed by atoms with Crippen LogP contribution in [-0.2, 0) is 4.74 Å². The van der Waals surface area contributed by atoms with Gasteiger partial charge in [0.25, 0.3) is 0 Å². The van der Waals surface area contributed by atoms with Crippen LogP contribution in [0.3, 0.4) is 0 Å². The summed E-state index contributed by atoms with van der Waals surface area (Å²) >= 11 is 0. The van der Waals surface area contributed by atoms with Crippen LogP contribution < -0.4 is 0 Å². The van der Waals surface area contributed by atoms with Gasteiger partial charge in [-0.1, -0.05) is 0 Å². The molecule has 2 heteroatoms. The van der Waals surface area contributed by atoms with Crippen molar-refractivity contribution >= 4 is 0 Å². The molecule has 0 N–H and O–H groups in total. The van der Waals surface area contributed by atoms with Gasteiger partial charge in [0.2, 0.25) is 0 Å². The Kier molecular flexibility index (Phi) is 2.37. The maximum atomic E-state index is 5.91. The minimum absolute atomic E-state index is 0.317.